The Kier molecular flexibility index (Phi) is 3.59. The molecule has 0 N–H and O–H groups in total. The second-order valence-corrected chi connectivity index (χ2v) is 7.14. The summed E-state index contributed by atoms with van der Waals surface area (Å²) in [6.07, 6.45) is 6.57. The molecule has 0 aliphatic heterocycles. The molecule has 1 fully saturated rings. The number of rotatable bonds is 2. The first-order valence-corrected chi connectivity index (χ1v) is 7.92. The van der Waals surface area contributed by atoms with Gasteiger partial charge in [0, 0.05) is 18.5 Å². The smallest absolute Gasteiger partial charge is 0.178 e. The highest BCUT2D eigenvalue weighted by Crippen LogP contribution is 2.26. The van der Waals surface area contributed by atoms with Crippen LogP contribution in [0.5, 0.6) is 0 Å². The van der Waals surface area contributed by atoms with Crippen molar-refractivity contribution < 1.29 is 0 Å². The molecule has 0 bridgehead atoms. The molecule has 2 aromatic rings. The van der Waals surface area contributed by atoms with E-state index in [9.17, 15) is 0 Å². The Labute approximate surface area is 126 Å². The first kappa shape index (κ1) is 14.3. The van der Waals surface area contributed by atoms with E-state index in [2.05, 4.69) is 49.0 Å². The molecule has 0 atom stereocenters. The number of aromatic nitrogens is 4. The Morgan fingerprint density at radius 3 is 2.48 bits per heavy atom. The molecule has 0 saturated heterocycles. The minimum Gasteiger partial charge on any atom is -0.355 e. The molecule has 2 aromatic heterocycles. The summed E-state index contributed by atoms with van der Waals surface area (Å²) >= 11 is 0. The molecule has 1 saturated carbocycles. The van der Waals surface area contributed by atoms with E-state index in [0.29, 0.717) is 6.04 Å². The van der Waals surface area contributed by atoms with Gasteiger partial charge >= 0.3 is 0 Å². The molecule has 0 aromatic carbocycles. The van der Waals surface area contributed by atoms with Crippen LogP contribution in [0.15, 0.2) is 12.1 Å². The van der Waals surface area contributed by atoms with Crippen molar-refractivity contribution in [2.75, 3.05) is 11.9 Å². The van der Waals surface area contributed by atoms with Gasteiger partial charge in [0.1, 0.15) is 5.82 Å². The van der Waals surface area contributed by atoms with Gasteiger partial charge < -0.3 is 4.90 Å². The maximum atomic E-state index is 4.79. The van der Waals surface area contributed by atoms with Crippen LogP contribution in [0.3, 0.4) is 0 Å². The quantitative estimate of drug-likeness (QED) is 0.851. The van der Waals surface area contributed by atoms with Gasteiger partial charge in [0.15, 0.2) is 11.5 Å². The third-order valence-corrected chi connectivity index (χ3v) is 4.40. The summed E-state index contributed by atoms with van der Waals surface area (Å²) in [5.41, 5.74) is 0.759. The van der Waals surface area contributed by atoms with Crippen LogP contribution in [0.1, 0.15) is 58.7 Å². The van der Waals surface area contributed by atoms with E-state index in [1.54, 1.807) is 0 Å². The molecule has 21 heavy (non-hydrogen) atoms. The summed E-state index contributed by atoms with van der Waals surface area (Å²) in [7, 11) is 2.16. The van der Waals surface area contributed by atoms with Gasteiger partial charge in [-0.1, -0.05) is 40.0 Å². The van der Waals surface area contributed by atoms with E-state index in [4.69, 9.17) is 5.10 Å². The zero-order valence-electron chi connectivity index (χ0n) is 13.5. The lowest BCUT2D eigenvalue weighted by atomic mass is 9.94. The third kappa shape index (κ3) is 2.74. The highest BCUT2D eigenvalue weighted by Gasteiger charge is 2.23. The van der Waals surface area contributed by atoms with Gasteiger partial charge in [0.05, 0.1) is 0 Å². The van der Waals surface area contributed by atoms with Gasteiger partial charge in [-0.2, -0.15) is 4.52 Å². The molecular formula is C16H25N5. The van der Waals surface area contributed by atoms with Crippen LogP contribution in [-0.4, -0.2) is 32.9 Å². The maximum absolute atomic E-state index is 4.79. The van der Waals surface area contributed by atoms with E-state index in [0.717, 1.165) is 17.3 Å². The molecule has 5 nitrogen and oxygen atoms in total. The Morgan fingerprint density at radius 2 is 1.81 bits per heavy atom. The van der Waals surface area contributed by atoms with Crippen molar-refractivity contribution in [1.29, 1.82) is 0 Å². The largest absolute Gasteiger partial charge is 0.355 e. The zero-order chi connectivity index (χ0) is 15.0. The summed E-state index contributed by atoms with van der Waals surface area (Å²) < 4.78 is 1.90. The molecule has 0 amide bonds. The second-order valence-electron chi connectivity index (χ2n) is 7.14. The molecule has 2 heterocycles. The SMILES string of the molecule is CN(c1ccc2nnc(C(C)(C)C)n2n1)C1CCCCC1. The molecule has 0 radical (unpaired) electrons. The van der Waals surface area contributed by atoms with Gasteiger partial charge in [-0.3, -0.25) is 0 Å². The van der Waals surface area contributed by atoms with Gasteiger partial charge in [0.25, 0.3) is 0 Å². The molecule has 0 unspecified atom stereocenters. The van der Waals surface area contributed by atoms with Crippen molar-refractivity contribution in [3.63, 3.8) is 0 Å². The minimum absolute atomic E-state index is 0.0611. The zero-order valence-corrected chi connectivity index (χ0v) is 13.5. The predicted octanol–water partition coefficient (Wildman–Crippen LogP) is 3.19. The van der Waals surface area contributed by atoms with E-state index in [1.165, 1.54) is 32.1 Å². The Hall–Kier alpha value is -1.65. The van der Waals surface area contributed by atoms with Crippen LogP contribution >= 0.6 is 0 Å². The molecule has 0 spiro atoms. The van der Waals surface area contributed by atoms with Crippen molar-refractivity contribution in [1.82, 2.24) is 19.8 Å². The fraction of sp³-hybridized carbons (Fsp3) is 0.688. The average molecular weight is 287 g/mol. The lowest BCUT2D eigenvalue weighted by Crippen LogP contribution is -2.34. The highest BCUT2D eigenvalue weighted by atomic mass is 15.4. The van der Waals surface area contributed by atoms with Crippen LogP contribution in [0.25, 0.3) is 5.65 Å². The van der Waals surface area contributed by atoms with Crippen molar-refractivity contribution >= 4 is 11.5 Å². The lowest BCUT2D eigenvalue weighted by molar-refractivity contribution is 0.424. The van der Waals surface area contributed by atoms with Crippen LogP contribution in [0.4, 0.5) is 5.82 Å². The highest BCUT2D eigenvalue weighted by molar-refractivity contribution is 5.46. The number of hydrogen-bond donors (Lipinski definition) is 0. The Bertz CT molecular complexity index is 619. The first-order valence-electron chi connectivity index (χ1n) is 7.92. The molecular weight excluding hydrogens is 262 g/mol. The van der Waals surface area contributed by atoms with Crippen LogP contribution in [-0.2, 0) is 5.41 Å². The van der Waals surface area contributed by atoms with E-state index >= 15 is 0 Å². The summed E-state index contributed by atoms with van der Waals surface area (Å²) in [5, 5.41) is 13.3. The number of nitrogens with zero attached hydrogens (tertiary/aromatic N) is 5. The van der Waals surface area contributed by atoms with Crippen LogP contribution in [0.2, 0.25) is 0 Å². The van der Waals surface area contributed by atoms with Crippen LogP contribution in [0, 0.1) is 0 Å². The normalized spacial score (nSPS) is 17.3. The molecule has 1 aliphatic rings. The lowest BCUT2D eigenvalue weighted by Gasteiger charge is -2.32. The number of anilines is 1. The summed E-state index contributed by atoms with van der Waals surface area (Å²) in [6, 6.07) is 4.69. The van der Waals surface area contributed by atoms with Crippen molar-refractivity contribution in [3.8, 4) is 0 Å². The van der Waals surface area contributed by atoms with Gasteiger partial charge in [0.2, 0.25) is 0 Å². The Balaban J connectivity index is 1.96. The van der Waals surface area contributed by atoms with E-state index < -0.39 is 0 Å². The summed E-state index contributed by atoms with van der Waals surface area (Å²) in [5.74, 6) is 1.93. The molecule has 1 aliphatic carbocycles. The van der Waals surface area contributed by atoms with Crippen molar-refractivity contribution in [2.45, 2.75) is 64.3 Å². The summed E-state index contributed by atoms with van der Waals surface area (Å²) in [6.45, 7) is 6.42. The fourth-order valence-corrected chi connectivity index (χ4v) is 3.09. The van der Waals surface area contributed by atoms with Crippen LogP contribution < -0.4 is 4.90 Å². The molecule has 3 rings (SSSR count). The number of fused-ring (bicyclic) bond motifs is 1. The van der Waals surface area contributed by atoms with Crippen molar-refractivity contribution in [2.24, 2.45) is 0 Å². The monoisotopic (exact) mass is 287 g/mol. The van der Waals surface area contributed by atoms with Gasteiger partial charge in [-0.25, -0.2) is 0 Å². The van der Waals surface area contributed by atoms with E-state index in [-0.39, 0.29) is 5.41 Å². The molecule has 5 heteroatoms. The standard InChI is InChI=1S/C16H25N5/c1-16(2,3)15-18-17-13-10-11-14(19-21(13)15)20(4)12-8-6-5-7-9-12/h10-12H,5-9H2,1-4H3. The summed E-state index contributed by atoms with van der Waals surface area (Å²) in [4.78, 5) is 2.32. The molecule has 114 valence electrons. The third-order valence-electron chi connectivity index (χ3n) is 4.40. The van der Waals surface area contributed by atoms with Gasteiger partial charge in [-0.15, -0.1) is 15.3 Å². The van der Waals surface area contributed by atoms with E-state index in [1.807, 2.05) is 10.6 Å². The maximum Gasteiger partial charge on any atom is 0.178 e. The second kappa shape index (κ2) is 5.28. The minimum atomic E-state index is -0.0611. The Morgan fingerprint density at radius 1 is 1.10 bits per heavy atom. The topological polar surface area (TPSA) is 46.3 Å². The number of hydrogen-bond acceptors (Lipinski definition) is 4. The fourth-order valence-electron chi connectivity index (χ4n) is 3.09. The average Bonchev–Trinajstić information content (AvgIpc) is 2.90. The first-order chi connectivity index (χ1) is 9.97. The predicted molar refractivity (Wildman–Crippen MR) is 84.8 cm³/mol. The van der Waals surface area contributed by atoms with Crippen molar-refractivity contribution in [3.05, 3.63) is 18.0 Å². The van der Waals surface area contributed by atoms with Gasteiger partial charge in [-0.05, 0) is 25.0 Å².